The highest BCUT2D eigenvalue weighted by atomic mass is 15.1. The first-order chi connectivity index (χ1) is 12.7. The third kappa shape index (κ3) is 3.42. The van der Waals surface area contributed by atoms with Crippen molar-refractivity contribution in [2.24, 2.45) is 0 Å². The van der Waals surface area contributed by atoms with Gasteiger partial charge in [-0.05, 0) is 55.7 Å². The molecule has 1 aromatic heterocycles. The highest BCUT2D eigenvalue weighted by Gasteiger charge is 2.19. The fraction of sp³-hybridized carbons (Fsp3) is 0.333. The molecule has 1 aliphatic rings. The molecule has 0 saturated carbocycles. The molecular weight excluding hydrogens is 322 g/mol. The van der Waals surface area contributed by atoms with Gasteiger partial charge in [-0.15, -0.1) is 0 Å². The van der Waals surface area contributed by atoms with Crippen molar-refractivity contribution in [3.05, 3.63) is 59.4 Å². The molecule has 2 heterocycles. The van der Waals surface area contributed by atoms with Crippen LogP contribution in [0.1, 0.15) is 29.8 Å². The smallest absolute Gasteiger partial charge is 0.121 e. The highest BCUT2D eigenvalue weighted by molar-refractivity contribution is 5.78. The molecule has 132 valence electrons. The molecule has 0 aliphatic carbocycles. The minimum absolute atomic E-state index is 0.513. The van der Waals surface area contributed by atoms with Gasteiger partial charge in [0.1, 0.15) is 5.82 Å². The minimum Gasteiger partial charge on any atom is -0.371 e. The Morgan fingerprint density at radius 1 is 1.19 bits per heavy atom. The van der Waals surface area contributed by atoms with Gasteiger partial charge in [0.25, 0.3) is 0 Å². The number of benzene rings is 2. The highest BCUT2D eigenvalue weighted by Crippen LogP contribution is 2.21. The van der Waals surface area contributed by atoms with Crippen LogP contribution in [-0.2, 0) is 6.54 Å². The van der Waals surface area contributed by atoms with Crippen LogP contribution in [0.4, 0.5) is 5.69 Å². The second-order valence-corrected chi connectivity index (χ2v) is 6.96. The molecule has 2 N–H and O–H groups in total. The predicted molar refractivity (Wildman–Crippen MR) is 104 cm³/mol. The number of rotatable bonds is 4. The van der Waals surface area contributed by atoms with Crippen LogP contribution in [0.5, 0.6) is 0 Å². The number of H-pyrrole nitrogens is 1. The van der Waals surface area contributed by atoms with E-state index in [9.17, 15) is 0 Å². The first-order valence-corrected chi connectivity index (χ1v) is 9.15. The number of nitrogens with one attached hydrogen (secondary N) is 2. The van der Waals surface area contributed by atoms with Crippen molar-refractivity contribution >= 4 is 16.7 Å². The van der Waals surface area contributed by atoms with E-state index in [1.54, 1.807) is 0 Å². The third-order valence-electron chi connectivity index (χ3n) is 5.18. The monoisotopic (exact) mass is 345 g/mol. The number of anilines is 1. The van der Waals surface area contributed by atoms with Crippen molar-refractivity contribution in [1.82, 2.24) is 15.3 Å². The predicted octanol–water partition coefficient (Wildman–Crippen LogP) is 3.50. The summed E-state index contributed by atoms with van der Waals surface area (Å²) in [5, 5.41) is 12.6. The lowest BCUT2D eigenvalue weighted by Gasteiger charge is -2.34. The van der Waals surface area contributed by atoms with E-state index in [0.29, 0.717) is 11.6 Å². The van der Waals surface area contributed by atoms with E-state index >= 15 is 0 Å². The minimum atomic E-state index is 0.513. The van der Waals surface area contributed by atoms with Crippen LogP contribution in [0.3, 0.4) is 0 Å². The maximum atomic E-state index is 8.91. The fourth-order valence-electron chi connectivity index (χ4n) is 3.64. The molecule has 5 nitrogen and oxygen atoms in total. The summed E-state index contributed by atoms with van der Waals surface area (Å²) in [6.07, 6.45) is 2.22. The number of hydrogen-bond donors (Lipinski definition) is 2. The summed E-state index contributed by atoms with van der Waals surface area (Å²) in [5.74, 6) is 1.00. The second-order valence-electron chi connectivity index (χ2n) is 6.96. The van der Waals surface area contributed by atoms with Crippen LogP contribution >= 0.6 is 0 Å². The number of nitriles is 1. The zero-order valence-electron chi connectivity index (χ0n) is 15.0. The summed E-state index contributed by atoms with van der Waals surface area (Å²) in [6, 6.07) is 16.8. The summed E-state index contributed by atoms with van der Waals surface area (Å²) >= 11 is 0. The normalized spacial score (nSPS) is 15.3. The van der Waals surface area contributed by atoms with Crippen molar-refractivity contribution < 1.29 is 0 Å². The van der Waals surface area contributed by atoms with Gasteiger partial charge < -0.3 is 15.2 Å². The van der Waals surface area contributed by atoms with Crippen molar-refractivity contribution in [2.75, 3.05) is 18.0 Å². The molecule has 2 aromatic carbocycles. The van der Waals surface area contributed by atoms with Crippen molar-refractivity contribution in [3.63, 3.8) is 0 Å². The second kappa shape index (κ2) is 7.19. The van der Waals surface area contributed by atoms with Gasteiger partial charge in [0.2, 0.25) is 0 Å². The van der Waals surface area contributed by atoms with E-state index in [2.05, 4.69) is 46.4 Å². The first-order valence-electron chi connectivity index (χ1n) is 9.15. The van der Waals surface area contributed by atoms with E-state index in [4.69, 9.17) is 10.2 Å². The van der Waals surface area contributed by atoms with Crippen molar-refractivity contribution in [3.8, 4) is 6.07 Å². The molecule has 1 fully saturated rings. The number of imidazole rings is 1. The van der Waals surface area contributed by atoms with E-state index in [-0.39, 0.29) is 0 Å². The van der Waals surface area contributed by atoms with Gasteiger partial charge in [0, 0.05) is 24.8 Å². The first kappa shape index (κ1) is 16.6. The molecule has 0 radical (unpaired) electrons. The van der Waals surface area contributed by atoms with Gasteiger partial charge in [-0.25, -0.2) is 4.98 Å². The Kier molecular flexibility index (Phi) is 4.59. The van der Waals surface area contributed by atoms with E-state index in [1.165, 1.54) is 11.3 Å². The number of aromatic amines is 1. The average molecular weight is 345 g/mol. The SMILES string of the molecule is Cc1cccc2[nH]c(CNC3CCN(c4ccc(C#N)cc4)CC3)nc12. The van der Waals surface area contributed by atoms with Gasteiger partial charge in [0.05, 0.1) is 29.2 Å². The third-order valence-corrected chi connectivity index (χ3v) is 5.18. The van der Waals surface area contributed by atoms with Gasteiger partial charge in [0.15, 0.2) is 0 Å². The molecule has 0 spiro atoms. The Balaban J connectivity index is 1.32. The number of piperidine rings is 1. The molecule has 1 saturated heterocycles. The lowest BCUT2D eigenvalue weighted by molar-refractivity contribution is 0.410. The average Bonchev–Trinajstić information content (AvgIpc) is 3.11. The Hall–Kier alpha value is -2.84. The molecule has 5 heteroatoms. The molecule has 0 amide bonds. The van der Waals surface area contributed by atoms with Crippen LogP contribution in [0.2, 0.25) is 0 Å². The molecular formula is C21H23N5. The lowest BCUT2D eigenvalue weighted by Crippen LogP contribution is -2.42. The van der Waals surface area contributed by atoms with Gasteiger partial charge in [-0.3, -0.25) is 0 Å². The number of aryl methyl sites for hydroxylation is 1. The van der Waals surface area contributed by atoms with E-state index in [0.717, 1.165) is 49.3 Å². The summed E-state index contributed by atoms with van der Waals surface area (Å²) in [6.45, 7) is 4.93. The number of para-hydroxylation sites is 1. The molecule has 3 aromatic rings. The van der Waals surface area contributed by atoms with Crippen LogP contribution < -0.4 is 10.2 Å². The van der Waals surface area contributed by atoms with Crippen molar-refractivity contribution in [2.45, 2.75) is 32.4 Å². The Morgan fingerprint density at radius 3 is 2.65 bits per heavy atom. The molecule has 1 aliphatic heterocycles. The maximum absolute atomic E-state index is 8.91. The summed E-state index contributed by atoms with van der Waals surface area (Å²) in [5.41, 5.74) is 5.31. The molecule has 0 atom stereocenters. The van der Waals surface area contributed by atoms with E-state index in [1.807, 2.05) is 24.3 Å². The van der Waals surface area contributed by atoms with Gasteiger partial charge in [-0.2, -0.15) is 5.26 Å². The summed E-state index contributed by atoms with van der Waals surface area (Å²) in [7, 11) is 0. The standard InChI is InChI=1S/C21H23N5/c1-15-3-2-4-19-21(15)25-20(24-19)14-23-17-9-11-26(12-10-17)18-7-5-16(13-22)6-8-18/h2-8,17,23H,9-12,14H2,1H3,(H,24,25). The lowest BCUT2D eigenvalue weighted by atomic mass is 10.0. The number of fused-ring (bicyclic) bond motifs is 1. The molecule has 0 bridgehead atoms. The maximum Gasteiger partial charge on any atom is 0.121 e. The summed E-state index contributed by atoms with van der Waals surface area (Å²) < 4.78 is 0. The molecule has 26 heavy (non-hydrogen) atoms. The van der Waals surface area contributed by atoms with Crippen molar-refractivity contribution in [1.29, 1.82) is 5.26 Å². The number of hydrogen-bond acceptors (Lipinski definition) is 4. The van der Waals surface area contributed by atoms with E-state index < -0.39 is 0 Å². The van der Waals surface area contributed by atoms with Crippen LogP contribution in [-0.4, -0.2) is 29.1 Å². The number of nitrogens with zero attached hydrogens (tertiary/aromatic N) is 3. The Bertz CT molecular complexity index is 927. The van der Waals surface area contributed by atoms with Crippen LogP contribution in [0.25, 0.3) is 11.0 Å². The Morgan fingerprint density at radius 2 is 1.96 bits per heavy atom. The molecule has 4 rings (SSSR count). The van der Waals surface area contributed by atoms with Crippen LogP contribution in [0.15, 0.2) is 42.5 Å². The largest absolute Gasteiger partial charge is 0.371 e. The van der Waals surface area contributed by atoms with Gasteiger partial charge in [-0.1, -0.05) is 12.1 Å². The van der Waals surface area contributed by atoms with Gasteiger partial charge >= 0.3 is 0 Å². The zero-order valence-corrected chi connectivity index (χ0v) is 15.0. The quantitative estimate of drug-likeness (QED) is 0.759. The zero-order chi connectivity index (χ0) is 17.9. The fourth-order valence-corrected chi connectivity index (χ4v) is 3.64. The topological polar surface area (TPSA) is 67.7 Å². The summed E-state index contributed by atoms with van der Waals surface area (Å²) in [4.78, 5) is 10.5. The van der Waals surface area contributed by atoms with Crippen LogP contribution in [0, 0.1) is 18.3 Å². The number of aromatic nitrogens is 2. The Labute approximate surface area is 153 Å². The molecule has 0 unspecified atom stereocenters.